The van der Waals surface area contributed by atoms with Gasteiger partial charge in [0, 0.05) is 27.7 Å². The Kier molecular flexibility index (Phi) is 5.96. The topological polar surface area (TPSA) is 67.8 Å². The number of hydrogen-bond donors (Lipinski definition) is 1. The highest BCUT2D eigenvalue weighted by molar-refractivity contribution is 8.00. The molecule has 0 saturated carbocycles. The standard InChI is InChI=1S/C19H17ClN2O3S/c1-25-15-5-3-13(4-6-15)22-19(24)11-26-10-14-9-18(23)16-8-12(20)2-7-17(16)21-14/h2-8H,9-11H2,1H3,(H,22,24). The van der Waals surface area contributed by atoms with Crippen molar-refractivity contribution < 1.29 is 14.3 Å². The molecule has 3 rings (SSSR count). The summed E-state index contributed by atoms with van der Waals surface area (Å²) >= 11 is 7.35. The minimum Gasteiger partial charge on any atom is -0.497 e. The average Bonchev–Trinajstić information content (AvgIpc) is 2.63. The third-order valence-corrected chi connectivity index (χ3v) is 5.02. The van der Waals surface area contributed by atoms with E-state index in [1.807, 2.05) is 0 Å². The SMILES string of the molecule is COc1ccc(NC(=O)CSCC2=Nc3ccc(Cl)cc3C(=O)C2)cc1. The second-order valence-electron chi connectivity index (χ2n) is 5.71. The first-order valence-corrected chi connectivity index (χ1v) is 9.49. The Hall–Kier alpha value is -2.31. The van der Waals surface area contributed by atoms with Crippen molar-refractivity contribution in [1.29, 1.82) is 0 Å². The summed E-state index contributed by atoms with van der Waals surface area (Å²) in [5.74, 6) is 1.46. The summed E-state index contributed by atoms with van der Waals surface area (Å²) in [6.07, 6.45) is 0.264. The monoisotopic (exact) mass is 388 g/mol. The minimum absolute atomic E-state index is 0.00999. The third-order valence-electron chi connectivity index (χ3n) is 3.78. The van der Waals surface area contributed by atoms with Gasteiger partial charge in [-0.05, 0) is 42.5 Å². The highest BCUT2D eigenvalue weighted by Gasteiger charge is 2.20. The van der Waals surface area contributed by atoms with Gasteiger partial charge in [-0.2, -0.15) is 0 Å². The van der Waals surface area contributed by atoms with E-state index in [9.17, 15) is 9.59 Å². The second kappa shape index (κ2) is 8.38. The van der Waals surface area contributed by atoms with E-state index in [0.717, 1.165) is 11.5 Å². The van der Waals surface area contributed by atoms with Crippen LogP contribution in [0, 0.1) is 0 Å². The molecule has 2 aromatic carbocycles. The lowest BCUT2D eigenvalue weighted by Gasteiger charge is -2.14. The van der Waals surface area contributed by atoms with Gasteiger partial charge in [0.15, 0.2) is 5.78 Å². The molecular weight excluding hydrogens is 372 g/mol. The van der Waals surface area contributed by atoms with Crippen LogP contribution in [0.3, 0.4) is 0 Å². The number of hydrogen-bond acceptors (Lipinski definition) is 5. The predicted octanol–water partition coefficient (Wildman–Crippen LogP) is 4.38. The number of fused-ring (bicyclic) bond motifs is 1. The van der Waals surface area contributed by atoms with Crippen molar-refractivity contribution in [3.05, 3.63) is 53.1 Å². The molecule has 0 radical (unpaired) electrons. The first-order chi connectivity index (χ1) is 12.5. The summed E-state index contributed by atoms with van der Waals surface area (Å²) in [7, 11) is 1.59. The first-order valence-electron chi connectivity index (χ1n) is 7.96. The number of thioether (sulfide) groups is 1. The highest BCUT2D eigenvalue weighted by atomic mass is 35.5. The van der Waals surface area contributed by atoms with Gasteiger partial charge in [-0.1, -0.05) is 11.6 Å². The van der Waals surface area contributed by atoms with Crippen molar-refractivity contribution in [3.8, 4) is 5.75 Å². The van der Waals surface area contributed by atoms with E-state index in [4.69, 9.17) is 16.3 Å². The molecular formula is C19H17ClN2O3S. The number of nitrogens with zero attached hydrogens (tertiary/aromatic N) is 1. The molecule has 7 heteroatoms. The maximum atomic E-state index is 12.2. The van der Waals surface area contributed by atoms with E-state index in [1.165, 1.54) is 11.8 Å². The van der Waals surface area contributed by atoms with Crippen LogP contribution in [-0.4, -0.2) is 36.0 Å². The van der Waals surface area contributed by atoms with Gasteiger partial charge in [0.25, 0.3) is 0 Å². The van der Waals surface area contributed by atoms with Crippen LogP contribution in [-0.2, 0) is 4.79 Å². The molecule has 1 heterocycles. The lowest BCUT2D eigenvalue weighted by atomic mass is 10.0. The number of Topliss-reactive ketones (excluding diaryl/α,β-unsaturated/α-hetero) is 1. The van der Waals surface area contributed by atoms with Gasteiger partial charge in [-0.3, -0.25) is 14.6 Å². The minimum atomic E-state index is -0.102. The Morgan fingerprint density at radius 3 is 2.77 bits per heavy atom. The smallest absolute Gasteiger partial charge is 0.234 e. The van der Waals surface area contributed by atoms with E-state index >= 15 is 0 Å². The molecule has 0 unspecified atom stereocenters. The van der Waals surface area contributed by atoms with Gasteiger partial charge in [0.2, 0.25) is 5.91 Å². The number of methoxy groups -OCH3 is 1. The Morgan fingerprint density at radius 1 is 1.27 bits per heavy atom. The lowest BCUT2D eigenvalue weighted by molar-refractivity contribution is -0.113. The molecule has 0 spiro atoms. The van der Waals surface area contributed by atoms with E-state index in [1.54, 1.807) is 49.6 Å². The van der Waals surface area contributed by atoms with E-state index in [0.29, 0.717) is 27.7 Å². The number of carbonyl (C=O) groups excluding carboxylic acids is 2. The predicted molar refractivity (Wildman–Crippen MR) is 106 cm³/mol. The maximum Gasteiger partial charge on any atom is 0.234 e. The second-order valence-corrected chi connectivity index (χ2v) is 7.13. The molecule has 1 amide bonds. The number of anilines is 1. The zero-order chi connectivity index (χ0) is 18.5. The van der Waals surface area contributed by atoms with Gasteiger partial charge < -0.3 is 10.1 Å². The Labute approximate surface area is 160 Å². The number of halogens is 1. The Bertz CT molecular complexity index is 866. The maximum absolute atomic E-state index is 12.2. The summed E-state index contributed by atoms with van der Waals surface area (Å²) in [6.45, 7) is 0. The summed E-state index contributed by atoms with van der Waals surface area (Å²) in [6, 6.07) is 12.3. The number of rotatable bonds is 6. The normalized spacial score (nSPS) is 13.0. The van der Waals surface area contributed by atoms with Gasteiger partial charge in [-0.15, -0.1) is 11.8 Å². The van der Waals surface area contributed by atoms with E-state index in [2.05, 4.69) is 10.3 Å². The first kappa shape index (κ1) is 18.5. The van der Waals surface area contributed by atoms with Crippen LogP contribution in [0.25, 0.3) is 0 Å². The number of aliphatic imine (C=N–C) groups is 1. The van der Waals surface area contributed by atoms with Crippen LogP contribution in [0.15, 0.2) is 47.5 Å². The van der Waals surface area contributed by atoms with Crippen LogP contribution in [0.4, 0.5) is 11.4 Å². The fourth-order valence-electron chi connectivity index (χ4n) is 2.54. The van der Waals surface area contributed by atoms with E-state index < -0.39 is 0 Å². The average molecular weight is 389 g/mol. The molecule has 1 aliphatic rings. The summed E-state index contributed by atoms with van der Waals surface area (Å²) < 4.78 is 5.08. The molecule has 0 fully saturated rings. The summed E-state index contributed by atoms with van der Waals surface area (Å²) in [5.41, 5.74) is 2.69. The molecule has 0 atom stereocenters. The third kappa shape index (κ3) is 4.65. The Balaban J connectivity index is 1.52. The van der Waals surface area contributed by atoms with Crippen LogP contribution in [0.1, 0.15) is 16.8 Å². The van der Waals surface area contributed by atoms with Gasteiger partial charge in [0.1, 0.15) is 5.75 Å². The van der Waals surface area contributed by atoms with Gasteiger partial charge in [-0.25, -0.2) is 0 Å². The fourth-order valence-corrected chi connectivity index (χ4v) is 3.47. The zero-order valence-electron chi connectivity index (χ0n) is 14.1. The molecule has 2 aromatic rings. The highest BCUT2D eigenvalue weighted by Crippen LogP contribution is 2.29. The number of nitrogens with one attached hydrogen (secondary N) is 1. The van der Waals surface area contributed by atoms with Crippen molar-refractivity contribution in [3.63, 3.8) is 0 Å². The molecule has 1 aliphatic heterocycles. The van der Waals surface area contributed by atoms with Crippen molar-refractivity contribution >= 4 is 52.1 Å². The Morgan fingerprint density at radius 2 is 2.04 bits per heavy atom. The quantitative estimate of drug-likeness (QED) is 0.797. The van der Waals surface area contributed by atoms with Crippen LogP contribution >= 0.6 is 23.4 Å². The van der Waals surface area contributed by atoms with E-state index in [-0.39, 0.29) is 23.9 Å². The van der Waals surface area contributed by atoms with Crippen molar-refractivity contribution in [2.75, 3.05) is 23.9 Å². The molecule has 0 saturated heterocycles. The fraction of sp³-hybridized carbons (Fsp3) is 0.211. The van der Waals surface area contributed by atoms with Crippen LogP contribution in [0.2, 0.25) is 5.02 Å². The molecule has 5 nitrogen and oxygen atoms in total. The summed E-state index contributed by atoms with van der Waals surface area (Å²) in [5, 5.41) is 3.35. The number of amides is 1. The van der Waals surface area contributed by atoms with Crippen LogP contribution < -0.4 is 10.1 Å². The molecule has 0 aromatic heterocycles. The largest absolute Gasteiger partial charge is 0.497 e. The van der Waals surface area contributed by atoms with Crippen molar-refractivity contribution in [1.82, 2.24) is 0 Å². The number of ketones is 1. The number of benzene rings is 2. The molecule has 26 heavy (non-hydrogen) atoms. The van der Waals surface area contributed by atoms with Gasteiger partial charge in [0.05, 0.1) is 25.0 Å². The van der Waals surface area contributed by atoms with Gasteiger partial charge >= 0.3 is 0 Å². The van der Waals surface area contributed by atoms with Crippen molar-refractivity contribution in [2.45, 2.75) is 6.42 Å². The lowest BCUT2D eigenvalue weighted by Crippen LogP contribution is -2.18. The molecule has 0 bridgehead atoms. The summed E-state index contributed by atoms with van der Waals surface area (Å²) in [4.78, 5) is 28.7. The zero-order valence-corrected chi connectivity index (χ0v) is 15.7. The molecule has 0 aliphatic carbocycles. The number of ether oxygens (including phenoxy) is 1. The number of carbonyl (C=O) groups is 2. The molecule has 1 N–H and O–H groups in total. The molecule has 134 valence electrons. The van der Waals surface area contributed by atoms with Crippen molar-refractivity contribution in [2.24, 2.45) is 4.99 Å². The van der Waals surface area contributed by atoms with Crippen LogP contribution in [0.5, 0.6) is 5.75 Å².